The molecule has 6 nitrogen and oxygen atoms in total. The summed E-state index contributed by atoms with van der Waals surface area (Å²) in [7, 11) is 3.11. The highest BCUT2D eigenvalue weighted by Gasteiger charge is 2.25. The van der Waals surface area contributed by atoms with Crippen molar-refractivity contribution < 1.29 is 19.1 Å². The highest BCUT2D eigenvalue weighted by molar-refractivity contribution is 7.10. The van der Waals surface area contributed by atoms with Crippen LogP contribution in [0, 0.1) is 0 Å². The summed E-state index contributed by atoms with van der Waals surface area (Å²) in [5.41, 5.74) is 0.556. The molecule has 0 bridgehead atoms. The van der Waals surface area contributed by atoms with E-state index in [1.807, 2.05) is 22.4 Å². The number of hydrogen-bond donors (Lipinski definition) is 0. The van der Waals surface area contributed by atoms with Gasteiger partial charge in [0.15, 0.2) is 11.5 Å². The lowest BCUT2D eigenvalue weighted by Gasteiger charge is -2.35. The smallest absolute Gasteiger partial charge is 0.254 e. The van der Waals surface area contributed by atoms with Gasteiger partial charge < -0.3 is 19.3 Å². The van der Waals surface area contributed by atoms with Crippen molar-refractivity contribution >= 4 is 23.2 Å². The van der Waals surface area contributed by atoms with Gasteiger partial charge in [0, 0.05) is 36.6 Å². The lowest BCUT2D eigenvalue weighted by Crippen LogP contribution is -2.50. The number of methoxy groups -OCH3 is 2. The molecule has 1 fully saturated rings. The van der Waals surface area contributed by atoms with E-state index >= 15 is 0 Å². The molecule has 138 valence electrons. The van der Waals surface area contributed by atoms with E-state index in [-0.39, 0.29) is 11.8 Å². The maximum Gasteiger partial charge on any atom is 0.254 e. The van der Waals surface area contributed by atoms with Crippen molar-refractivity contribution in [3.63, 3.8) is 0 Å². The van der Waals surface area contributed by atoms with Crippen molar-refractivity contribution in [2.24, 2.45) is 0 Å². The van der Waals surface area contributed by atoms with E-state index in [2.05, 4.69) is 0 Å². The fourth-order valence-electron chi connectivity index (χ4n) is 2.98. The number of thiophene rings is 1. The topological polar surface area (TPSA) is 59.1 Å². The van der Waals surface area contributed by atoms with E-state index < -0.39 is 0 Å². The molecule has 7 heteroatoms. The molecule has 1 aromatic heterocycles. The van der Waals surface area contributed by atoms with Gasteiger partial charge in [0.1, 0.15) is 0 Å². The first-order chi connectivity index (χ1) is 12.6. The standard InChI is InChI=1S/C19H22N2O4S/c1-24-16-6-5-14(12-17(16)25-2)19(23)21-9-7-20(8-10-21)18(22)13-15-4-3-11-26-15/h3-6,11-12H,7-10,13H2,1-2H3. The van der Waals surface area contributed by atoms with Crippen LogP contribution in [0.1, 0.15) is 15.2 Å². The van der Waals surface area contributed by atoms with Crippen LogP contribution >= 0.6 is 11.3 Å². The Labute approximate surface area is 156 Å². The molecule has 1 aromatic carbocycles. The Morgan fingerprint density at radius 2 is 1.69 bits per heavy atom. The Bertz CT molecular complexity index is 768. The Balaban J connectivity index is 1.59. The molecular formula is C19H22N2O4S. The molecule has 0 aliphatic carbocycles. The molecule has 2 heterocycles. The fraction of sp³-hybridized carbons (Fsp3) is 0.368. The van der Waals surface area contributed by atoms with Crippen LogP contribution in [-0.2, 0) is 11.2 Å². The van der Waals surface area contributed by atoms with Crippen LogP contribution in [0.2, 0.25) is 0 Å². The zero-order valence-corrected chi connectivity index (χ0v) is 15.8. The third-order valence-electron chi connectivity index (χ3n) is 4.46. The molecule has 1 saturated heterocycles. The minimum Gasteiger partial charge on any atom is -0.493 e. The second-order valence-corrected chi connectivity index (χ2v) is 7.03. The van der Waals surface area contributed by atoms with Gasteiger partial charge in [0.2, 0.25) is 5.91 Å². The highest BCUT2D eigenvalue weighted by atomic mass is 32.1. The van der Waals surface area contributed by atoms with Crippen LogP contribution in [0.25, 0.3) is 0 Å². The minimum absolute atomic E-state index is 0.0590. The molecule has 0 unspecified atom stereocenters. The van der Waals surface area contributed by atoms with Crippen molar-refractivity contribution in [1.29, 1.82) is 0 Å². The molecule has 0 spiro atoms. The van der Waals surface area contributed by atoms with Gasteiger partial charge in [0.25, 0.3) is 5.91 Å². The molecule has 1 aliphatic heterocycles. The molecule has 0 atom stereocenters. The lowest BCUT2D eigenvalue weighted by atomic mass is 10.1. The van der Waals surface area contributed by atoms with E-state index in [0.29, 0.717) is 49.7 Å². The summed E-state index contributed by atoms with van der Waals surface area (Å²) >= 11 is 1.59. The summed E-state index contributed by atoms with van der Waals surface area (Å²) < 4.78 is 10.5. The van der Waals surface area contributed by atoms with Crippen molar-refractivity contribution in [3.05, 3.63) is 46.2 Å². The predicted octanol–water partition coefficient (Wildman–Crippen LogP) is 2.29. The van der Waals surface area contributed by atoms with Gasteiger partial charge in [-0.15, -0.1) is 11.3 Å². The molecule has 1 aliphatic rings. The van der Waals surface area contributed by atoms with Crippen molar-refractivity contribution in [2.75, 3.05) is 40.4 Å². The summed E-state index contributed by atoms with van der Waals surface area (Å²) in [6.45, 7) is 2.18. The van der Waals surface area contributed by atoms with Crippen LogP contribution in [0.4, 0.5) is 0 Å². The Morgan fingerprint density at radius 1 is 1.00 bits per heavy atom. The molecule has 0 radical (unpaired) electrons. The normalized spacial score (nSPS) is 14.2. The number of amides is 2. The fourth-order valence-corrected chi connectivity index (χ4v) is 3.68. The van der Waals surface area contributed by atoms with Crippen molar-refractivity contribution in [3.8, 4) is 11.5 Å². The molecule has 2 aromatic rings. The number of rotatable bonds is 5. The van der Waals surface area contributed by atoms with Gasteiger partial charge in [-0.2, -0.15) is 0 Å². The van der Waals surface area contributed by atoms with E-state index in [0.717, 1.165) is 4.88 Å². The van der Waals surface area contributed by atoms with E-state index in [1.54, 1.807) is 48.7 Å². The number of piperazine rings is 1. The molecule has 0 N–H and O–H groups in total. The van der Waals surface area contributed by atoms with Crippen LogP contribution in [0.15, 0.2) is 35.7 Å². The molecule has 0 saturated carbocycles. The summed E-state index contributed by atoms with van der Waals surface area (Å²) in [5, 5.41) is 1.97. The maximum absolute atomic E-state index is 12.7. The Morgan fingerprint density at radius 3 is 2.31 bits per heavy atom. The SMILES string of the molecule is COc1ccc(C(=O)N2CCN(C(=O)Cc3cccs3)CC2)cc1OC. The number of carbonyl (C=O) groups excluding carboxylic acids is 2. The van der Waals surface area contributed by atoms with Crippen molar-refractivity contribution in [2.45, 2.75) is 6.42 Å². The van der Waals surface area contributed by atoms with Crippen LogP contribution in [0.5, 0.6) is 11.5 Å². The number of hydrogen-bond acceptors (Lipinski definition) is 5. The van der Waals surface area contributed by atoms with Crippen LogP contribution in [-0.4, -0.2) is 62.0 Å². The summed E-state index contributed by atoms with van der Waals surface area (Å²) in [5.74, 6) is 1.18. The molecule has 26 heavy (non-hydrogen) atoms. The van der Waals surface area contributed by atoms with Gasteiger partial charge in [-0.25, -0.2) is 0 Å². The van der Waals surface area contributed by atoms with Crippen molar-refractivity contribution in [1.82, 2.24) is 9.80 Å². The zero-order chi connectivity index (χ0) is 18.5. The first-order valence-corrected chi connectivity index (χ1v) is 9.32. The number of benzene rings is 1. The summed E-state index contributed by atoms with van der Waals surface area (Å²) in [6, 6.07) is 9.08. The van der Waals surface area contributed by atoms with E-state index in [9.17, 15) is 9.59 Å². The average Bonchev–Trinajstić information content (AvgIpc) is 3.20. The first kappa shape index (κ1) is 18.3. The minimum atomic E-state index is -0.0590. The number of ether oxygens (including phenoxy) is 2. The van der Waals surface area contributed by atoms with Crippen LogP contribution < -0.4 is 9.47 Å². The maximum atomic E-state index is 12.7. The summed E-state index contributed by atoms with van der Waals surface area (Å²) in [6.07, 6.45) is 0.432. The number of nitrogens with zero attached hydrogens (tertiary/aromatic N) is 2. The van der Waals surface area contributed by atoms with Gasteiger partial charge in [-0.1, -0.05) is 6.07 Å². The third-order valence-corrected chi connectivity index (χ3v) is 5.33. The largest absolute Gasteiger partial charge is 0.493 e. The second kappa shape index (κ2) is 8.23. The monoisotopic (exact) mass is 374 g/mol. The highest BCUT2D eigenvalue weighted by Crippen LogP contribution is 2.28. The Hall–Kier alpha value is -2.54. The third kappa shape index (κ3) is 3.99. The zero-order valence-electron chi connectivity index (χ0n) is 14.9. The van der Waals surface area contributed by atoms with Crippen LogP contribution in [0.3, 0.4) is 0 Å². The van der Waals surface area contributed by atoms with Gasteiger partial charge >= 0.3 is 0 Å². The second-order valence-electron chi connectivity index (χ2n) is 6.00. The first-order valence-electron chi connectivity index (χ1n) is 8.44. The predicted molar refractivity (Wildman–Crippen MR) is 100 cm³/mol. The molecule has 3 rings (SSSR count). The number of carbonyl (C=O) groups is 2. The molecular weight excluding hydrogens is 352 g/mol. The summed E-state index contributed by atoms with van der Waals surface area (Å²) in [4.78, 5) is 29.8. The Kier molecular flexibility index (Phi) is 5.78. The van der Waals surface area contributed by atoms with E-state index in [4.69, 9.17) is 9.47 Å². The van der Waals surface area contributed by atoms with Gasteiger partial charge in [-0.05, 0) is 29.6 Å². The lowest BCUT2D eigenvalue weighted by molar-refractivity contribution is -0.131. The van der Waals surface area contributed by atoms with Gasteiger partial charge in [-0.3, -0.25) is 9.59 Å². The van der Waals surface area contributed by atoms with E-state index in [1.165, 1.54) is 0 Å². The quantitative estimate of drug-likeness (QED) is 0.806. The molecule has 2 amide bonds. The van der Waals surface area contributed by atoms with Gasteiger partial charge in [0.05, 0.1) is 20.6 Å². The average molecular weight is 374 g/mol.